The van der Waals surface area contributed by atoms with E-state index < -0.39 is 0 Å². The zero-order valence-corrected chi connectivity index (χ0v) is 17.2. The summed E-state index contributed by atoms with van der Waals surface area (Å²) in [7, 11) is 0. The second-order valence-electron chi connectivity index (χ2n) is 7.27. The van der Waals surface area contributed by atoms with Gasteiger partial charge in [0.25, 0.3) is 0 Å². The number of unbranched alkanes of at least 4 members (excludes halogenated alkanes) is 2. The Morgan fingerprint density at radius 1 is 1.10 bits per heavy atom. The van der Waals surface area contributed by atoms with Gasteiger partial charge in [-0.25, -0.2) is 4.98 Å². The third-order valence-electron chi connectivity index (χ3n) is 5.15. The van der Waals surface area contributed by atoms with E-state index in [0.717, 1.165) is 49.1 Å². The highest BCUT2D eigenvalue weighted by atomic mass is 32.1. The molecular weight excluding hydrogens is 380 g/mol. The molecule has 0 fully saturated rings. The molecule has 0 aliphatic rings. The fourth-order valence-electron chi connectivity index (χ4n) is 3.61. The second kappa shape index (κ2) is 9.56. The van der Waals surface area contributed by atoms with E-state index in [1.807, 2.05) is 42.7 Å². The summed E-state index contributed by atoms with van der Waals surface area (Å²) in [6.45, 7) is 0.723. The SMILES string of the molecule is O=C(C[C@H](c1ccsc1)n1cccc1)NCCCCCc1nc2ccccc2[nH]1. The predicted molar refractivity (Wildman–Crippen MR) is 118 cm³/mol. The van der Waals surface area contributed by atoms with Crippen LogP contribution in [0.25, 0.3) is 11.0 Å². The first-order valence-corrected chi connectivity index (χ1v) is 11.1. The zero-order chi connectivity index (χ0) is 19.9. The summed E-state index contributed by atoms with van der Waals surface area (Å²) in [5.41, 5.74) is 3.31. The number of hydrogen-bond acceptors (Lipinski definition) is 3. The lowest BCUT2D eigenvalue weighted by Crippen LogP contribution is -2.27. The summed E-state index contributed by atoms with van der Waals surface area (Å²) in [5.74, 6) is 1.15. The zero-order valence-electron chi connectivity index (χ0n) is 16.4. The molecule has 0 aliphatic heterocycles. The number of carbonyl (C=O) groups is 1. The molecule has 0 spiro atoms. The molecule has 0 unspecified atom stereocenters. The van der Waals surface area contributed by atoms with Crippen molar-refractivity contribution in [3.63, 3.8) is 0 Å². The Balaban J connectivity index is 1.18. The molecule has 0 aliphatic carbocycles. The highest BCUT2D eigenvalue weighted by Gasteiger charge is 2.17. The molecule has 2 N–H and O–H groups in total. The van der Waals surface area contributed by atoms with E-state index >= 15 is 0 Å². The van der Waals surface area contributed by atoms with Crippen LogP contribution in [0, 0.1) is 0 Å². The lowest BCUT2D eigenvalue weighted by Gasteiger charge is -2.18. The van der Waals surface area contributed by atoms with Crippen molar-refractivity contribution in [3.8, 4) is 0 Å². The molecule has 3 heterocycles. The topological polar surface area (TPSA) is 62.7 Å². The molecule has 0 bridgehead atoms. The van der Waals surface area contributed by atoms with Crippen molar-refractivity contribution in [2.24, 2.45) is 0 Å². The number of H-pyrrole nitrogens is 1. The Morgan fingerprint density at radius 3 is 2.76 bits per heavy atom. The van der Waals surface area contributed by atoms with Crippen molar-refractivity contribution in [2.75, 3.05) is 6.54 Å². The van der Waals surface area contributed by atoms with E-state index in [9.17, 15) is 4.79 Å². The van der Waals surface area contributed by atoms with Gasteiger partial charge in [0.15, 0.2) is 0 Å². The van der Waals surface area contributed by atoms with Crippen LogP contribution in [0.4, 0.5) is 0 Å². The number of para-hydroxylation sites is 2. The number of carbonyl (C=O) groups excluding carboxylic acids is 1. The summed E-state index contributed by atoms with van der Waals surface area (Å²) in [6.07, 6.45) is 8.57. The third-order valence-corrected chi connectivity index (χ3v) is 5.85. The van der Waals surface area contributed by atoms with Gasteiger partial charge < -0.3 is 14.9 Å². The van der Waals surface area contributed by atoms with Crippen LogP contribution in [0.2, 0.25) is 0 Å². The fraction of sp³-hybridized carbons (Fsp3) is 0.304. The fourth-order valence-corrected chi connectivity index (χ4v) is 4.32. The maximum atomic E-state index is 12.5. The second-order valence-corrected chi connectivity index (χ2v) is 8.05. The van der Waals surface area contributed by atoms with Crippen LogP contribution in [0.15, 0.2) is 65.6 Å². The van der Waals surface area contributed by atoms with Crippen molar-refractivity contribution in [1.82, 2.24) is 19.9 Å². The number of thiophene rings is 1. The molecule has 3 aromatic heterocycles. The van der Waals surface area contributed by atoms with Gasteiger partial charge in [0.05, 0.1) is 23.5 Å². The minimum absolute atomic E-state index is 0.0596. The minimum Gasteiger partial charge on any atom is -0.356 e. The Labute approximate surface area is 174 Å². The average molecular weight is 407 g/mol. The van der Waals surface area contributed by atoms with Crippen molar-refractivity contribution < 1.29 is 4.79 Å². The molecule has 1 atom stereocenters. The van der Waals surface area contributed by atoms with Gasteiger partial charge >= 0.3 is 0 Å². The van der Waals surface area contributed by atoms with Gasteiger partial charge in [0, 0.05) is 25.4 Å². The van der Waals surface area contributed by atoms with Gasteiger partial charge in [0.1, 0.15) is 5.82 Å². The van der Waals surface area contributed by atoms with Gasteiger partial charge in [-0.1, -0.05) is 18.6 Å². The highest BCUT2D eigenvalue weighted by molar-refractivity contribution is 7.08. The number of nitrogens with one attached hydrogen (secondary N) is 2. The molecule has 0 radical (unpaired) electrons. The van der Waals surface area contributed by atoms with E-state index in [1.165, 1.54) is 5.56 Å². The van der Waals surface area contributed by atoms with Crippen molar-refractivity contribution in [1.29, 1.82) is 0 Å². The first-order chi connectivity index (χ1) is 14.3. The molecule has 0 saturated heterocycles. The third kappa shape index (κ3) is 5.15. The molecule has 5 nitrogen and oxygen atoms in total. The van der Waals surface area contributed by atoms with Crippen LogP contribution in [0.3, 0.4) is 0 Å². The Morgan fingerprint density at radius 2 is 1.97 bits per heavy atom. The Kier molecular flexibility index (Phi) is 6.42. The normalized spacial score (nSPS) is 12.3. The molecular formula is C23H26N4OS. The summed E-state index contributed by atoms with van der Waals surface area (Å²) >= 11 is 1.67. The number of aromatic amines is 1. The maximum Gasteiger partial charge on any atom is 0.222 e. The lowest BCUT2D eigenvalue weighted by atomic mass is 10.1. The van der Waals surface area contributed by atoms with E-state index in [-0.39, 0.29) is 11.9 Å². The van der Waals surface area contributed by atoms with Crippen LogP contribution in [-0.2, 0) is 11.2 Å². The van der Waals surface area contributed by atoms with Crippen LogP contribution in [-0.4, -0.2) is 27.0 Å². The number of aromatic nitrogens is 3. The van der Waals surface area contributed by atoms with E-state index in [1.54, 1.807) is 11.3 Å². The molecule has 1 amide bonds. The number of amides is 1. The van der Waals surface area contributed by atoms with Crippen molar-refractivity contribution in [3.05, 3.63) is 77.0 Å². The maximum absolute atomic E-state index is 12.5. The molecule has 4 aromatic rings. The number of aryl methyl sites for hydroxylation is 1. The van der Waals surface area contributed by atoms with E-state index in [2.05, 4.69) is 42.7 Å². The summed E-state index contributed by atoms with van der Waals surface area (Å²) in [5, 5.41) is 7.27. The van der Waals surface area contributed by atoms with Crippen LogP contribution in [0.1, 0.15) is 43.1 Å². The quantitative estimate of drug-likeness (QED) is 0.367. The number of nitrogens with zero attached hydrogens (tertiary/aromatic N) is 2. The summed E-state index contributed by atoms with van der Waals surface area (Å²) < 4.78 is 2.11. The molecule has 150 valence electrons. The minimum atomic E-state index is 0.0596. The number of rotatable bonds is 10. The Hall–Kier alpha value is -2.86. The van der Waals surface area contributed by atoms with E-state index in [0.29, 0.717) is 6.42 Å². The highest BCUT2D eigenvalue weighted by Crippen LogP contribution is 2.24. The molecule has 4 rings (SSSR count). The van der Waals surface area contributed by atoms with Gasteiger partial charge in [0.2, 0.25) is 5.91 Å². The first-order valence-electron chi connectivity index (χ1n) is 10.1. The van der Waals surface area contributed by atoms with Gasteiger partial charge in [-0.05, 0) is 59.5 Å². The molecule has 0 saturated carbocycles. The molecule has 6 heteroatoms. The lowest BCUT2D eigenvalue weighted by molar-refractivity contribution is -0.121. The number of fused-ring (bicyclic) bond motifs is 1. The largest absolute Gasteiger partial charge is 0.356 e. The predicted octanol–water partition coefficient (Wildman–Crippen LogP) is 4.93. The smallest absolute Gasteiger partial charge is 0.222 e. The number of hydrogen-bond donors (Lipinski definition) is 2. The average Bonchev–Trinajstić information content (AvgIpc) is 3.49. The van der Waals surface area contributed by atoms with E-state index in [4.69, 9.17) is 0 Å². The molecule has 1 aromatic carbocycles. The summed E-state index contributed by atoms with van der Waals surface area (Å²) in [6, 6.07) is 14.3. The molecule has 29 heavy (non-hydrogen) atoms. The van der Waals surface area contributed by atoms with Crippen LogP contribution >= 0.6 is 11.3 Å². The number of imidazole rings is 1. The Bertz CT molecular complexity index is 953. The number of benzene rings is 1. The first kappa shape index (κ1) is 19.5. The van der Waals surface area contributed by atoms with Gasteiger partial charge in [-0.15, -0.1) is 0 Å². The standard InChI is InChI=1S/C23H26N4OS/c28-23(16-21(18-11-15-29-17-18)27-13-6-7-14-27)24-12-5-1-2-10-22-25-19-8-3-4-9-20(19)26-22/h3-4,6-9,11,13-15,17,21H,1-2,5,10,12,16H2,(H,24,28)(H,25,26)/t21-/m1/s1. The monoisotopic (exact) mass is 406 g/mol. The van der Waals surface area contributed by atoms with Crippen LogP contribution in [0.5, 0.6) is 0 Å². The summed E-state index contributed by atoms with van der Waals surface area (Å²) in [4.78, 5) is 20.4. The van der Waals surface area contributed by atoms with Crippen molar-refractivity contribution in [2.45, 2.75) is 38.1 Å². The van der Waals surface area contributed by atoms with Gasteiger partial charge in [-0.2, -0.15) is 11.3 Å². The van der Waals surface area contributed by atoms with Crippen molar-refractivity contribution >= 4 is 28.3 Å². The van der Waals surface area contributed by atoms with Gasteiger partial charge in [-0.3, -0.25) is 4.79 Å². The van der Waals surface area contributed by atoms with Crippen LogP contribution < -0.4 is 5.32 Å².